The zero-order valence-electron chi connectivity index (χ0n) is 11.4. The van der Waals surface area contributed by atoms with Crippen molar-refractivity contribution in [2.45, 2.75) is 26.2 Å². The Kier molecular flexibility index (Phi) is 4.11. The standard InChI is InChI=1S/C15H22O4/c1-3-10-5-15(2,9-17)6-12(10)13-8-19-14(18)4-11(13)7-16/h3,10-11,16-17H,1,4-9H2,2H3/t10-,11?,15-/m1/s1. The second kappa shape index (κ2) is 5.47. The highest BCUT2D eigenvalue weighted by Gasteiger charge is 2.40. The fraction of sp³-hybridized carbons (Fsp3) is 0.667. The number of aliphatic hydroxyl groups is 2. The number of esters is 1. The van der Waals surface area contributed by atoms with E-state index in [9.17, 15) is 15.0 Å². The summed E-state index contributed by atoms with van der Waals surface area (Å²) >= 11 is 0. The van der Waals surface area contributed by atoms with E-state index in [1.165, 1.54) is 5.57 Å². The van der Waals surface area contributed by atoms with Crippen LogP contribution in [0.1, 0.15) is 26.2 Å². The average Bonchev–Trinajstić information content (AvgIpc) is 2.76. The van der Waals surface area contributed by atoms with Crippen molar-refractivity contribution >= 4 is 5.97 Å². The first-order valence-corrected chi connectivity index (χ1v) is 6.74. The molecule has 3 atom stereocenters. The maximum absolute atomic E-state index is 11.3. The Morgan fingerprint density at radius 1 is 1.47 bits per heavy atom. The summed E-state index contributed by atoms with van der Waals surface area (Å²) in [6.07, 6.45) is 3.78. The van der Waals surface area contributed by atoms with Crippen molar-refractivity contribution in [3.05, 3.63) is 23.8 Å². The van der Waals surface area contributed by atoms with Crippen molar-refractivity contribution in [3.8, 4) is 0 Å². The van der Waals surface area contributed by atoms with Gasteiger partial charge in [-0.3, -0.25) is 4.79 Å². The zero-order chi connectivity index (χ0) is 14.0. The summed E-state index contributed by atoms with van der Waals surface area (Å²) in [4.78, 5) is 11.3. The lowest BCUT2D eigenvalue weighted by atomic mass is 9.86. The van der Waals surface area contributed by atoms with Crippen LogP contribution >= 0.6 is 0 Å². The van der Waals surface area contributed by atoms with Crippen molar-refractivity contribution in [3.63, 3.8) is 0 Å². The van der Waals surface area contributed by atoms with E-state index in [-0.39, 0.29) is 49.5 Å². The average molecular weight is 266 g/mol. The molecule has 2 rings (SSSR count). The summed E-state index contributed by atoms with van der Waals surface area (Å²) in [7, 11) is 0. The third kappa shape index (κ3) is 2.74. The van der Waals surface area contributed by atoms with Crippen LogP contribution < -0.4 is 0 Å². The molecule has 0 aromatic carbocycles. The van der Waals surface area contributed by atoms with Gasteiger partial charge in [-0.15, -0.1) is 6.58 Å². The van der Waals surface area contributed by atoms with Crippen molar-refractivity contribution in [1.29, 1.82) is 0 Å². The predicted octanol–water partition coefficient (Wildman–Crippen LogP) is 1.43. The van der Waals surface area contributed by atoms with Crippen LogP contribution in [0.25, 0.3) is 0 Å². The molecule has 0 aromatic rings. The summed E-state index contributed by atoms with van der Waals surface area (Å²) in [5, 5.41) is 19.0. The van der Waals surface area contributed by atoms with Crippen LogP contribution in [0.5, 0.6) is 0 Å². The van der Waals surface area contributed by atoms with Crippen LogP contribution in [0.3, 0.4) is 0 Å². The van der Waals surface area contributed by atoms with E-state index < -0.39 is 0 Å². The van der Waals surface area contributed by atoms with Crippen LogP contribution in [0.2, 0.25) is 0 Å². The number of aliphatic hydroxyl groups excluding tert-OH is 2. The Bertz CT molecular complexity index is 412. The molecule has 19 heavy (non-hydrogen) atoms. The minimum absolute atomic E-state index is 0.0341. The molecule has 0 bridgehead atoms. The molecular weight excluding hydrogens is 244 g/mol. The normalized spacial score (nSPS) is 39.2. The molecule has 1 heterocycles. The minimum atomic E-state index is -0.249. The van der Waals surface area contributed by atoms with Gasteiger partial charge < -0.3 is 14.9 Å². The van der Waals surface area contributed by atoms with Crippen LogP contribution in [0.4, 0.5) is 0 Å². The van der Waals surface area contributed by atoms with Gasteiger partial charge in [0.1, 0.15) is 6.61 Å². The van der Waals surface area contributed by atoms with Gasteiger partial charge in [-0.2, -0.15) is 0 Å². The van der Waals surface area contributed by atoms with Crippen LogP contribution in [0.15, 0.2) is 23.8 Å². The molecule has 2 aliphatic rings. The van der Waals surface area contributed by atoms with Gasteiger partial charge in [-0.05, 0) is 29.7 Å². The van der Waals surface area contributed by atoms with E-state index in [0.717, 1.165) is 18.4 Å². The Morgan fingerprint density at radius 2 is 2.21 bits per heavy atom. The van der Waals surface area contributed by atoms with E-state index in [0.29, 0.717) is 0 Å². The number of rotatable bonds is 3. The number of hydrogen-bond donors (Lipinski definition) is 2. The Labute approximate surface area is 113 Å². The van der Waals surface area contributed by atoms with E-state index in [4.69, 9.17) is 4.74 Å². The number of carbonyl (C=O) groups excluding carboxylic acids is 1. The topological polar surface area (TPSA) is 66.8 Å². The molecule has 0 spiro atoms. The first-order valence-electron chi connectivity index (χ1n) is 6.74. The number of hydrogen-bond acceptors (Lipinski definition) is 4. The van der Waals surface area contributed by atoms with E-state index in [1.54, 1.807) is 0 Å². The van der Waals surface area contributed by atoms with Gasteiger partial charge in [-0.1, -0.05) is 18.6 Å². The first kappa shape index (κ1) is 14.3. The predicted molar refractivity (Wildman–Crippen MR) is 71.3 cm³/mol. The van der Waals surface area contributed by atoms with Gasteiger partial charge in [0, 0.05) is 12.5 Å². The lowest BCUT2D eigenvalue weighted by Gasteiger charge is -2.27. The molecule has 2 fully saturated rings. The van der Waals surface area contributed by atoms with Gasteiger partial charge in [0.25, 0.3) is 0 Å². The second-order valence-electron chi connectivity index (χ2n) is 5.99. The molecule has 2 N–H and O–H groups in total. The molecule has 1 saturated heterocycles. The fourth-order valence-electron chi connectivity index (χ4n) is 3.20. The van der Waals surface area contributed by atoms with Gasteiger partial charge >= 0.3 is 5.97 Å². The highest BCUT2D eigenvalue weighted by molar-refractivity contribution is 5.72. The van der Waals surface area contributed by atoms with E-state index in [1.807, 2.05) is 6.08 Å². The summed E-state index contributed by atoms with van der Waals surface area (Å²) in [5.74, 6) is -0.181. The highest BCUT2D eigenvalue weighted by atomic mass is 16.5. The first-order chi connectivity index (χ1) is 9.03. The molecule has 1 unspecified atom stereocenters. The molecule has 106 valence electrons. The van der Waals surface area contributed by atoms with Crippen LogP contribution in [0, 0.1) is 17.3 Å². The maximum atomic E-state index is 11.3. The van der Waals surface area contributed by atoms with Gasteiger partial charge in [0.2, 0.25) is 0 Å². The van der Waals surface area contributed by atoms with Crippen molar-refractivity contribution < 1.29 is 19.7 Å². The summed E-state index contributed by atoms with van der Waals surface area (Å²) < 4.78 is 5.12. The fourth-order valence-corrected chi connectivity index (χ4v) is 3.20. The van der Waals surface area contributed by atoms with E-state index in [2.05, 4.69) is 13.5 Å². The summed E-state index contributed by atoms with van der Waals surface area (Å²) in [6, 6.07) is 0. The number of allylic oxidation sites excluding steroid dienone is 2. The third-order valence-electron chi connectivity index (χ3n) is 4.37. The largest absolute Gasteiger partial charge is 0.461 e. The molecule has 0 aromatic heterocycles. The maximum Gasteiger partial charge on any atom is 0.306 e. The zero-order valence-corrected chi connectivity index (χ0v) is 11.4. The quantitative estimate of drug-likeness (QED) is 0.599. The minimum Gasteiger partial charge on any atom is -0.461 e. The van der Waals surface area contributed by atoms with Crippen molar-refractivity contribution in [2.24, 2.45) is 17.3 Å². The van der Waals surface area contributed by atoms with Gasteiger partial charge in [0.05, 0.1) is 13.0 Å². The SMILES string of the molecule is C=C[C@@H]1C[C@@](C)(CO)CC1=C1COC(=O)CC1CO. The molecular formula is C15H22O4. The Balaban J connectivity index is 2.33. The summed E-state index contributed by atoms with van der Waals surface area (Å²) in [6.45, 7) is 6.29. The lowest BCUT2D eigenvalue weighted by molar-refractivity contribution is -0.146. The van der Waals surface area contributed by atoms with Gasteiger partial charge in [-0.25, -0.2) is 0 Å². The second-order valence-corrected chi connectivity index (χ2v) is 5.99. The number of carbonyl (C=O) groups is 1. The summed E-state index contributed by atoms with van der Waals surface area (Å²) in [5.41, 5.74) is 2.09. The third-order valence-corrected chi connectivity index (χ3v) is 4.37. The van der Waals surface area contributed by atoms with Crippen molar-refractivity contribution in [2.75, 3.05) is 19.8 Å². The van der Waals surface area contributed by atoms with Crippen LogP contribution in [-0.4, -0.2) is 36.0 Å². The smallest absolute Gasteiger partial charge is 0.306 e. The molecule has 4 heteroatoms. The molecule has 1 saturated carbocycles. The van der Waals surface area contributed by atoms with Crippen LogP contribution in [-0.2, 0) is 9.53 Å². The van der Waals surface area contributed by atoms with E-state index >= 15 is 0 Å². The molecule has 1 aliphatic carbocycles. The number of cyclic esters (lactones) is 1. The molecule has 1 aliphatic heterocycles. The molecule has 4 nitrogen and oxygen atoms in total. The number of ether oxygens (including phenoxy) is 1. The molecule has 0 radical (unpaired) electrons. The Morgan fingerprint density at radius 3 is 2.79 bits per heavy atom. The monoisotopic (exact) mass is 266 g/mol. The Hall–Kier alpha value is -1.13. The van der Waals surface area contributed by atoms with Crippen molar-refractivity contribution in [1.82, 2.24) is 0 Å². The van der Waals surface area contributed by atoms with Gasteiger partial charge in [0.15, 0.2) is 0 Å². The highest BCUT2D eigenvalue weighted by Crippen LogP contribution is 2.48. The molecule has 0 amide bonds. The lowest BCUT2D eigenvalue weighted by Crippen LogP contribution is -2.28.